The molecule has 1 heterocycles. The van der Waals surface area contributed by atoms with Gasteiger partial charge in [-0.25, -0.2) is 13.8 Å². The Bertz CT molecular complexity index is 587. The third kappa shape index (κ3) is 2.84. The van der Waals surface area contributed by atoms with Crippen molar-refractivity contribution in [3.05, 3.63) is 52.1 Å². The highest BCUT2D eigenvalue weighted by molar-refractivity contribution is 5.62. The molecule has 0 atom stereocenters. The van der Waals surface area contributed by atoms with E-state index in [2.05, 4.69) is 15.3 Å². The minimum Gasteiger partial charge on any atom is -0.377 e. The number of nitro benzene ring substituents is 1. The molecule has 2 aromatic rings. The van der Waals surface area contributed by atoms with Crippen molar-refractivity contribution in [2.45, 2.75) is 6.42 Å². The lowest BCUT2D eigenvalue weighted by Gasteiger charge is -2.07. The predicted molar refractivity (Wildman–Crippen MR) is 63.8 cm³/mol. The molecule has 100 valence electrons. The van der Waals surface area contributed by atoms with Crippen LogP contribution in [0.2, 0.25) is 0 Å². The molecule has 6 nitrogen and oxygen atoms in total. The van der Waals surface area contributed by atoms with Crippen LogP contribution in [0.15, 0.2) is 24.5 Å². The molecular weight excluding hydrogens is 258 g/mol. The average molecular weight is 268 g/mol. The summed E-state index contributed by atoms with van der Waals surface area (Å²) >= 11 is 0. The van der Waals surface area contributed by atoms with E-state index >= 15 is 0 Å². The highest BCUT2D eigenvalue weighted by Gasteiger charge is 2.21. The number of hydrogen-bond donors (Lipinski definition) is 2. The molecule has 2 rings (SSSR count). The minimum atomic E-state index is -1.26. The maximum Gasteiger partial charge on any atom is 0.295 e. The molecule has 0 unspecified atom stereocenters. The zero-order chi connectivity index (χ0) is 13.8. The van der Waals surface area contributed by atoms with E-state index in [0.29, 0.717) is 12.2 Å². The van der Waals surface area contributed by atoms with Crippen LogP contribution in [0.25, 0.3) is 0 Å². The van der Waals surface area contributed by atoms with Crippen molar-refractivity contribution in [3.8, 4) is 0 Å². The molecule has 0 aliphatic rings. The van der Waals surface area contributed by atoms with Gasteiger partial charge >= 0.3 is 0 Å². The summed E-state index contributed by atoms with van der Waals surface area (Å²) in [7, 11) is 0. The van der Waals surface area contributed by atoms with E-state index in [1.807, 2.05) is 0 Å². The van der Waals surface area contributed by atoms with Crippen molar-refractivity contribution in [1.82, 2.24) is 9.97 Å². The fourth-order valence-corrected chi connectivity index (χ4v) is 1.60. The van der Waals surface area contributed by atoms with Crippen LogP contribution in [0.5, 0.6) is 0 Å². The number of rotatable bonds is 5. The molecule has 0 saturated heterocycles. The molecule has 0 spiro atoms. The van der Waals surface area contributed by atoms with Crippen LogP contribution in [0.1, 0.15) is 5.82 Å². The predicted octanol–water partition coefficient (Wildman–Crippen LogP) is 2.25. The lowest BCUT2D eigenvalue weighted by molar-refractivity contribution is -0.384. The van der Waals surface area contributed by atoms with Gasteiger partial charge in [-0.1, -0.05) is 0 Å². The van der Waals surface area contributed by atoms with Gasteiger partial charge in [0.1, 0.15) is 5.82 Å². The number of aromatic amines is 1. The van der Waals surface area contributed by atoms with Crippen molar-refractivity contribution in [2.24, 2.45) is 0 Å². The van der Waals surface area contributed by atoms with Gasteiger partial charge in [-0.05, 0) is 6.07 Å². The summed E-state index contributed by atoms with van der Waals surface area (Å²) in [5, 5.41) is 13.3. The fraction of sp³-hybridized carbons (Fsp3) is 0.182. The Balaban J connectivity index is 2.14. The lowest BCUT2D eigenvalue weighted by atomic mass is 10.2. The van der Waals surface area contributed by atoms with Crippen LogP contribution in [0.4, 0.5) is 20.2 Å². The summed E-state index contributed by atoms with van der Waals surface area (Å²) in [5.74, 6) is -1.74. The Labute approximate surface area is 106 Å². The summed E-state index contributed by atoms with van der Waals surface area (Å²) in [4.78, 5) is 16.8. The van der Waals surface area contributed by atoms with Crippen molar-refractivity contribution in [3.63, 3.8) is 0 Å². The molecule has 2 N–H and O–H groups in total. The average Bonchev–Trinajstić information content (AvgIpc) is 2.87. The second-order valence-electron chi connectivity index (χ2n) is 3.73. The largest absolute Gasteiger partial charge is 0.377 e. The highest BCUT2D eigenvalue weighted by Crippen LogP contribution is 2.28. The number of halogens is 2. The number of benzene rings is 1. The second kappa shape index (κ2) is 5.42. The quantitative estimate of drug-likeness (QED) is 0.643. The molecule has 0 aliphatic heterocycles. The summed E-state index contributed by atoms with van der Waals surface area (Å²) in [6, 6.07) is 1.65. The van der Waals surface area contributed by atoms with Gasteiger partial charge in [-0.15, -0.1) is 0 Å². The smallest absolute Gasteiger partial charge is 0.295 e. The Kier molecular flexibility index (Phi) is 3.69. The standard InChI is InChI=1S/C11H10F2N4O2/c12-7-1-2-8(17(18)19)11(10(7)13)16-4-3-9-14-5-6-15-9/h1-2,5-6,16H,3-4H2,(H,14,15). The maximum absolute atomic E-state index is 13.5. The van der Waals surface area contributed by atoms with Gasteiger partial charge in [0.25, 0.3) is 5.69 Å². The first-order valence-corrected chi connectivity index (χ1v) is 5.44. The summed E-state index contributed by atoms with van der Waals surface area (Å²) in [6.45, 7) is 0.189. The molecular formula is C11H10F2N4O2. The number of H-pyrrole nitrogens is 1. The number of aromatic nitrogens is 2. The first-order valence-electron chi connectivity index (χ1n) is 5.44. The highest BCUT2D eigenvalue weighted by atomic mass is 19.2. The van der Waals surface area contributed by atoms with Gasteiger partial charge < -0.3 is 10.3 Å². The third-order valence-corrected chi connectivity index (χ3v) is 2.49. The molecule has 8 heteroatoms. The van der Waals surface area contributed by atoms with Crippen LogP contribution in [-0.2, 0) is 6.42 Å². The van der Waals surface area contributed by atoms with Crippen LogP contribution < -0.4 is 5.32 Å². The number of nitrogens with zero attached hydrogens (tertiary/aromatic N) is 2. The van der Waals surface area contributed by atoms with Crippen LogP contribution in [0, 0.1) is 21.7 Å². The number of nitro groups is 1. The molecule has 0 fully saturated rings. The van der Waals surface area contributed by atoms with Crippen molar-refractivity contribution < 1.29 is 13.7 Å². The van der Waals surface area contributed by atoms with Gasteiger partial charge in [0.15, 0.2) is 17.3 Å². The topological polar surface area (TPSA) is 83.8 Å². The van der Waals surface area contributed by atoms with Crippen molar-refractivity contribution in [2.75, 3.05) is 11.9 Å². The van der Waals surface area contributed by atoms with E-state index in [1.54, 1.807) is 12.4 Å². The molecule has 1 aromatic carbocycles. The minimum absolute atomic E-state index is 0.189. The maximum atomic E-state index is 13.5. The van der Waals surface area contributed by atoms with Gasteiger partial charge in [-0.2, -0.15) is 0 Å². The SMILES string of the molecule is O=[N+]([O-])c1ccc(F)c(F)c1NCCc1ncc[nH]1. The normalized spacial score (nSPS) is 10.4. The van der Waals surface area contributed by atoms with Crippen LogP contribution in [0.3, 0.4) is 0 Å². The first kappa shape index (κ1) is 12.9. The zero-order valence-corrected chi connectivity index (χ0v) is 9.69. The van der Waals surface area contributed by atoms with Gasteiger partial charge in [0, 0.05) is 31.4 Å². The van der Waals surface area contributed by atoms with Gasteiger partial charge in [0.05, 0.1) is 4.92 Å². The van der Waals surface area contributed by atoms with Gasteiger partial charge in [0.2, 0.25) is 0 Å². The third-order valence-electron chi connectivity index (χ3n) is 2.49. The molecule has 0 amide bonds. The second-order valence-corrected chi connectivity index (χ2v) is 3.73. The van der Waals surface area contributed by atoms with Crippen molar-refractivity contribution in [1.29, 1.82) is 0 Å². The lowest BCUT2D eigenvalue weighted by Crippen LogP contribution is -2.10. The number of anilines is 1. The van der Waals surface area contributed by atoms with E-state index in [1.165, 1.54) is 0 Å². The molecule has 0 saturated carbocycles. The van der Waals surface area contributed by atoms with E-state index < -0.39 is 27.9 Å². The zero-order valence-electron chi connectivity index (χ0n) is 9.69. The monoisotopic (exact) mass is 268 g/mol. The summed E-state index contributed by atoms with van der Waals surface area (Å²) in [5.41, 5.74) is -0.949. The Hall–Kier alpha value is -2.51. The van der Waals surface area contributed by atoms with E-state index in [0.717, 1.165) is 12.1 Å². The Morgan fingerprint density at radius 1 is 1.42 bits per heavy atom. The number of imidazole rings is 1. The molecule has 19 heavy (non-hydrogen) atoms. The summed E-state index contributed by atoms with van der Waals surface area (Å²) in [6.07, 6.45) is 3.58. The fourth-order valence-electron chi connectivity index (χ4n) is 1.60. The Morgan fingerprint density at radius 2 is 2.21 bits per heavy atom. The molecule has 1 aromatic heterocycles. The van der Waals surface area contributed by atoms with E-state index in [9.17, 15) is 18.9 Å². The van der Waals surface area contributed by atoms with Crippen molar-refractivity contribution >= 4 is 11.4 Å². The molecule has 0 bridgehead atoms. The first-order chi connectivity index (χ1) is 9.09. The van der Waals surface area contributed by atoms with Gasteiger partial charge in [-0.3, -0.25) is 10.1 Å². The Morgan fingerprint density at radius 3 is 2.84 bits per heavy atom. The molecule has 0 radical (unpaired) electrons. The number of nitrogens with one attached hydrogen (secondary N) is 2. The van der Waals surface area contributed by atoms with E-state index in [4.69, 9.17) is 0 Å². The van der Waals surface area contributed by atoms with E-state index in [-0.39, 0.29) is 6.54 Å². The number of hydrogen-bond acceptors (Lipinski definition) is 4. The summed E-state index contributed by atoms with van der Waals surface area (Å²) < 4.78 is 26.6. The van der Waals surface area contributed by atoms with Crippen LogP contribution >= 0.6 is 0 Å². The van der Waals surface area contributed by atoms with Crippen LogP contribution in [-0.4, -0.2) is 21.4 Å². The molecule has 0 aliphatic carbocycles.